The van der Waals surface area contributed by atoms with Crippen LogP contribution in [0.4, 0.5) is 5.13 Å². The number of nitrogens with one attached hydrogen (secondary N) is 1. The molecule has 0 unspecified atom stereocenters. The van der Waals surface area contributed by atoms with Gasteiger partial charge in [-0.3, -0.25) is 5.43 Å². The molecule has 0 radical (unpaired) electrons. The summed E-state index contributed by atoms with van der Waals surface area (Å²) in [7, 11) is 0. The molecule has 1 aromatic heterocycles. The zero-order chi connectivity index (χ0) is 13.7. The van der Waals surface area contributed by atoms with Gasteiger partial charge >= 0.3 is 0 Å². The third kappa shape index (κ3) is 4.01. The highest BCUT2D eigenvalue weighted by Gasteiger charge is 2.03. The molecule has 3 nitrogen and oxygen atoms in total. The summed E-state index contributed by atoms with van der Waals surface area (Å²) in [5, 5.41) is 6.94. The molecule has 1 heterocycles. The second kappa shape index (κ2) is 6.63. The summed E-state index contributed by atoms with van der Waals surface area (Å²) < 4.78 is 1.07. The molecular weight excluding hydrogens is 322 g/mol. The fourth-order valence-corrected chi connectivity index (χ4v) is 2.28. The SMILES string of the molecule is C/C=C(C)/C=N/Nc1nc(-c2ccc(Br)cc2)cs1. The minimum Gasteiger partial charge on any atom is -0.253 e. The highest BCUT2D eigenvalue weighted by Crippen LogP contribution is 2.25. The molecule has 0 spiro atoms. The Hall–Kier alpha value is -1.46. The number of allylic oxidation sites excluding steroid dienone is 2. The summed E-state index contributed by atoms with van der Waals surface area (Å²) in [6.45, 7) is 3.98. The highest BCUT2D eigenvalue weighted by atomic mass is 79.9. The zero-order valence-corrected chi connectivity index (χ0v) is 13.1. The number of anilines is 1. The van der Waals surface area contributed by atoms with E-state index in [9.17, 15) is 0 Å². The van der Waals surface area contributed by atoms with Gasteiger partial charge in [0.05, 0.1) is 5.69 Å². The van der Waals surface area contributed by atoms with Crippen molar-refractivity contribution < 1.29 is 0 Å². The lowest BCUT2D eigenvalue weighted by Gasteiger charge is -1.96. The molecule has 1 N–H and O–H groups in total. The third-order valence-electron chi connectivity index (χ3n) is 2.53. The first-order valence-electron chi connectivity index (χ1n) is 5.82. The first-order chi connectivity index (χ1) is 9.19. The fraction of sp³-hybridized carbons (Fsp3) is 0.143. The Bertz CT molecular complexity index is 599. The van der Waals surface area contributed by atoms with Crippen LogP contribution in [0.25, 0.3) is 11.3 Å². The van der Waals surface area contributed by atoms with Crippen LogP contribution in [0.1, 0.15) is 13.8 Å². The number of hydrazone groups is 1. The van der Waals surface area contributed by atoms with Gasteiger partial charge in [0.15, 0.2) is 0 Å². The number of nitrogens with zero attached hydrogens (tertiary/aromatic N) is 2. The number of aromatic nitrogens is 1. The molecule has 0 amide bonds. The number of hydrogen-bond acceptors (Lipinski definition) is 4. The van der Waals surface area contributed by atoms with Crippen molar-refractivity contribution in [2.45, 2.75) is 13.8 Å². The van der Waals surface area contributed by atoms with Crippen LogP contribution in [0.2, 0.25) is 0 Å². The predicted octanol–water partition coefficient (Wildman–Crippen LogP) is 4.94. The molecule has 0 atom stereocenters. The summed E-state index contributed by atoms with van der Waals surface area (Å²) in [6, 6.07) is 8.09. The van der Waals surface area contributed by atoms with Crippen molar-refractivity contribution in [2.24, 2.45) is 5.10 Å². The zero-order valence-electron chi connectivity index (χ0n) is 10.7. The lowest BCUT2D eigenvalue weighted by atomic mass is 10.2. The summed E-state index contributed by atoms with van der Waals surface area (Å²) >= 11 is 4.96. The van der Waals surface area contributed by atoms with Gasteiger partial charge < -0.3 is 0 Å². The van der Waals surface area contributed by atoms with Crippen LogP contribution in [0.5, 0.6) is 0 Å². The molecule has 0 aliphatic rings. The molecular formula is C14H14BrN3S. The van der Waals surface area contributed by atoms with E-state index in [4.69, 9.17) is 0 Å². The van der Waals surface area contributed by atoms with Gasteiger partial charge in [0, 0.05) is 21.6 Å². The lowest BCUT2D eigenvalue weighted by molar-refractivity contribution is 1.28. The molecule has 5 heteroatoms. The Morgan fingerprint density at radius 3 is 2.79 bits per heavy atom. The first-order valence-corrected chi connectivity index (χ1v) is 7.50. The van der Waals surface area contributed by atoms with Gasteiger partial charge in [0.1, 0.15) is 0 Å². The summed E-state index contributed by atoms with van der Waals surface area (Å²) in [5.74, 6) is 0. The topological polar surface area (TPSA) is 37.3 Å². The van der Waals surface area contributed by atoms with Crippen molar-refractivity contribution in [1.82, 2.24) is 4.98 Å². The highest BCUT2D eigenvalue weighted by molar-refractivity contribution is 9.10. The van der Waals surface area contributed by atoms with Crippen LogP contribution in [0.15, 0.2) is 50.9 Å². The Kier molecular flexibility index (Phi) is 4.87. The lowest BCUT2D eigenvalue weighted by Crippen LogP contribution is -1.89. The van der Waals surface area contributed by atoms with Crippen LogP contribution in [-0.2, 0) is 0 Å². The van der Waals surface area contributed by atoms with E-state index >= 15 is 0 Å². The van der Waals surface area contributed by atoms with E-state index in [1.54, 1.807) is 17.6 Å². The largest absolute Gasteiger partial charge is 0.253 e. The molecule has 0 saturated carbocycles. The van der Waals surface area contributed by atoms with Crippen LogP contribution in [0.3, 0.4) is 0 Å². The summed E-state index contributed by atoms with van der Waals surface area (Å²) in [6.07, 6.45) is 3.78. The van der Waals surface area contributed by atoms with Crippen molar-refractivity contribution >= 4 is 38.6 Å². The van der Waals surface area contributed by atoms with E-state index in [0.29, 0.717) is 0 Å². The molecule has 98 valence electrons. The van der Waals surface area contributed by atoms with Crippen molar-refractivity contribution in [3.8, 4) is 11.3 Å². The van der Waals surface area contributed by atoms with Gasteiger partial charge in [-0.25, -0.2) is 4.98 Å². The number of benzene rings is 1. The molecule has 2 aromatic rings. The molecule has 19 heavy (non-hydrogen) atoms. The second-order valence-electron chi connectivity index (χ2n) is 3.95. The van der Waals surface area contributed by atoms with E-state index in [1.807, 2.05) is 49.6 Å². The molecule has 0 aliphatic heterocycles. The van der Waals surface area contributed by atoms with Gasteiger partial charge in [-0.15, -0.1) is 11.3 Å². The third-order valence-corrected chi connectivity index (χ3v) is 3.80. The van der Waals surface area contributed by atoms with Crippen LogP contribution >= 0.6 is 27.3 Å². The molecule has 2 rings (SSSR count). The van der Waals surface area contributed by atoms with Crippen LogP contribution in [0, 0.1) is 0 Å². The van der Waals surface area contributed by atoms with E-state index < -0.39 is 0 Å². The van der Waals surface area contributed by atoms with Crippen molar-refractivity contribution in [3.05, 3.63) is 45.8 Å². The minimum atomic E-state index is 0.790. The normalized spacial score (nSPS) is 12.1. The molecule has 0 bridgehead atoms. The number of hydrogen-bond donors (Lipinski definition) is 1. The maximum Gasteiger partial charge on any atom is 0.203 e. The molecule has 0 fully saturated rings. The second-order valence-corrected chi connectivity index (χ2v) is 5.72. The quantitative estimate of drug-likeness (QED) is 0.634. The van der Waals surface area contributed by atoms with Crippen LogP contribution < -0.4 is 5.43 Å². The standard InChI is InChI=1S/C14H14BrN3S/c1-3-10(2)8-16-18-14-17-13(9-19-14)11-4-6-12(15)7-5-11/h3-9H,1-2H3,(H,17,18)/b10-3+,16-8+. The Labute approximate surface area is 125 Å². The number of thiazole rings is 1. The first kappa shape index (κ1) is 14.0. The molecule has 0 aliphatic carbocycles. The predicted molar refractivity (Wildman–Crippen MR) is 86.8 cm³/mol. The van der Waals surface area contributed by atoms with Crippen molar-refractivity contribution in [3.63, 3.8) is 0 Å². The maximum absolute atomic E-state index is 4.49. The van der Waals surface area contributed by atoms with E-state index in [2.05, 4.69) is 31.4 Å². The summed E-state index contributed by atoms with van der Waals surface area (Å²) in [5.41, 5.74) is 6.10. The molecule has 1 aromatic carbocycles. The van der Waals surface area contributed by atoms with Crippen molar-refractivity contribution in [1.29, 1.82) is 0 Å². The van der Waals surface area contributed by atoms with E-state index in [0.717, 1.165) is 26.4 Å². The van der Waals surface area contributed by atoms with E-state index in [-0.39, 0.29) is 0 Å². The van der Waals surface area contributed by atoms with Gasteiger partial charge in [0.2, 0.25) is 5.13 Å². The van der Waals surface area contributed by atoms with Crippen molar-refractivity contribution in [2.75, 3.05) is 5.43 Å². The number of rotatable bonds is 4. The molecule has 0 saturated heterocycles. The van der Waals surface area contributed by atoms with Gasteiger partial charge in [0.25, 0.3) is 0 Å². The number of halogens is 1. The fourth-order valence-electron chi connectivity index (χ4n) is 1.34. The van der Waals surface area contributed by atoms with E-state index in [1.165, 1.54) is 0 Å². The minimum absolute atomic E-state index is 0.790. The van der Waals surface area contributed by atoms with Crippen LogP contribution in [-0.4, -0.2) is 11.2 Å². The Morgan fingerprint density at radius 1 is 1.37 bits per heavy atom. The maximum atomic E-state index is 4.49. The average Bonchev–Trinajstić information content (AvgIpc) is 2.88. The monoisotopic (exact) mass is 335 g/mol. The van der Waals surface area contributed by atoms with Gasteiger partial charge in [-0.2, -0.15) is 5.10 Å². The smallest absolute Gasteiger partial charge is 0.203 e. The van der Waals surface area contributed by atoms with Gasteiger partial charge in [-0.05, 0) is 31.6 Å². The summed E-state index contributed by atoms with van der Waals surface area (Å²) in [4.78, 5) is 4.49. The average molecular weight is 336 g/mol. The Balaban J connectivity index is 2.07. The van der Waals surface area contributed by atoms with Gasteiger partial charge in [-0.1, -0.05) is 34.1 Å². The Morgan fingerprint density at radius 2 is 2.11 bits per heavy atom.